The quantitative estimate of drug-likeness (QED) is 0.0205. The van der Waals surface area contributed by atoms with Gasteiger partial charge in [-0.3, -0.25) is 47.9 Å². The van der Waals surface area contributed by atoms with Crippen LogP contribution in [0.5, 0.6) is 0 Å². The number of carbonyl (C=O) groups excluding carboxylic acids is 10. The highest BCUT2D eigenvalue weighted by Crippen LogP contribution is 2.02. The van der Waals surface area contributed by atoms with Gasteiger partial charge in [0.05, 0.1) is 25.2 Å². The van der Waals surface area contributed by atoms with E-state index in [4.69, 9.17) is 51.6 Å². The van der Waals surface area contributed by atoms with Crippen molar-refractivity contribution in [2.24, 2.45) is 56.3 Å². The van der Waals surface area contributed by atoms with Gasteiger partial charge >= 0.3 is 6.09 Å². The average molecular weight is 1040 g/mol. The van der Waals surface area contributed by atoms with Gasteiger partial charge < -0.3 is 92.7 Å². The number of amides is 10. The van der Waals surface area contributed by atoms with Crippen LogP contribution in [0.25, 0.3) is 0 Å². The molecule has 4 unspecified atom stereocenters. The number of unbranched alkanes of at least 4 members (excludes halogenated alkanes) is 4. The van der Waals surface area contributed by atoms with Crippen LogP contribution in [0.4, 0.5) is 4.79 Å². The van der Waals surface area contributed by atoms with Crippen LogP contribution in [0.3, 0.4) is 0 Å². The predicted molar refractivity (Wildman–Crippen MR) is 269 cm³/mol. The molecule has 0 aromatic rings. The minimum Gasteiger partial charge on any atom is -0.453 e. The van der Waals surface area contributed by atoms with Crippen molar-refractivity contribution < 1.29 is 52.7 Å². The second kappa shape index (κ2) is 45.5. The number of ether oxygens (including phenoxy) is 1. The molecule has 0 aromatic heterocycles. The van der Waals surface area contributed by atoms with E-state index in [2.05, 4.69) is 36.1 Å². The summed E-state index contributed by atoms with van der Waals surface area (Å²) in [6.07, 6.45) is 6.21. The lowest BCUT2D eigenvalue weighted by Gasteiger charge is -2.22. The van der Waals surface area contributed by atoms with Crippen LogP contribution >= 0.6 is 8.37 Å². The highest BCUT2D eigenvalue weighted by molar-refractivity contribution is 7.25. The molecule has 410 valence electrons. The molecule has 0 saturated carbocycles. The number of hydrogen-bond acceptors (Lipinski definition) is 18. The lowest BCUT2D eigenvalue weighted by Crippen LogP contribution is -2.46. The lowest BCUT2D eigenvalue weighted by molar-refractivity contribution is -0.139. The first kappa shape index (κ1) is 69.6. The number of nitrogens with one attached hydrogen (secondary N) is 5. The third-order valence-corrected chi connectivity index (χ3v) is 10.3. The first-order chi connectivity index (χ1) is 33.6. The van der Waals surface area contributed by atoms with E-state index >= 15 is 0 Å². The molecule has 29 heteroatoms. The maximum atomic E-state index is 12.6. The highest BCUT2D eigenvalue weighted by atomic mass is 31.1. The Bertz CT molecular complexity index is 1570. The SMILES string of the molecule is CN=PC.COC(=O)NCCC(=O)N(CC(=O)NCCCCC(N)C(N)=O)CC(=O)NCCCCC(N)C(N)=O.NCCC(=O)N(CC(=O)NCCCCC(N)CN)CC(=O)NCCCCC(N)C(N)=O. The highest BCUT2D eigenvalue weighted by Gasteiger charge is 2.22. The number of alkyl carbamates (subject to hydrolysis) is 1. The van der Waals surface area contributed by atoms with Crippen molar-refractivity contribution in [1.29, 1.82) is 0 Å². The van der Waals surface area contributed by atoms with Gasteiger partial charge in [-0.1, -0.05) is 6.42 Å². The lowest BCUT2D eigenvalue weighted by atomic mass is 10.1. The van der Waals surface area contributed by atoms with Gasteiger partial charge in [0, 0.05) is 71.7 Å². The smallest absolute Gasteiger partial charge is 0.406 e. The summed E-state index contributed by atoms with van der Waals surface area (Å²) in [5.41, 5.74) is 48.5. The molecule has 0 aromatic carbocycles. The first-order valence-electron chi connectivity index (χ1n) is 23.5. The van der Waals surface area contributed by atoms with Crippen LogP contribution in [0.2, 0.25) is 0 Å². The monoisotopic (exact) mass is 1040 g/mol. The zero-order valence-corrected chi connectivity index (χ0v) is 42.9. The maximum Gasteiger partial charge on any atom is 0.406 e. The minimum atomic E-state index is -0.745. The third-order valence-electron chi connectivity index (χ3n) is 9.91. The summed E-state index contributed by atoms with van der Waals surface area (Å²) in [5.74, 6) is -4.31. The Morgan fingerprint density at radius 3 is 1.08 bits per heavy atom. The van der Waals surface area contributed by atoms with Crippen LogP contribution in [0, 0.1) is 0 Å². The molecule has 4 atom stereocenters. The van der Waals surface area contributed by atoms with E-state index in [-0.39, 0.29) is 89.0 Å². The zero-order chi connectivity index (χ0) is 54.6. The molecule has 0 aliphatic carbocycles. The van der Waals surface area contributed by atoms with Crippen molar-refractivity contribution in [3.05, 3.63) is 0 Å². The standard InChI is InChI=1S/C21H40N8O7.C19H40N8O4.C2H6NP/c1-36-21(35)28-11-8-18(32)29(12-16(30)26-9-4-2-6-14(22)19(24)33)13-17(31)27-10-5-3-7-15(23)20(25)34;20-8-7-18(30)27(12-16(28)25-9-3-1-5-14(22)11-21)13-17(29)26-10-4-2-6-15(23)19(24)31;1-3-4-2/h14-15H,2-13,22-23H2,1H3,(H2,24,33)(H2,25,34)(H,26,30)(H,27,31)(H,28,35);14-15H,1-13,20-23H2,(H2,24,31)(H,25,28)(H,26,29);1-2H3. The molecule has 0 heterocycles. The Hall–Kier alpha value is -5.64. The van der Waals surface area contributed by atoms with Gasteiger partial charge in [0.25, 0.3) is 0 Å². The first-order valence-corrected chi connectivity index (χ1v) is 24.8. The number of methoxy groups -OCH3 is 1. The summed E-state index contributed by atoms with van der Waals surface area (Å²) in [7, 11) is 4.10. The number of nitrogens with two attached hydrogens (primary N) is 9. The summed E-state index contributed by atoms with van der Waals surface area (Å²) in [4.78, 5) is 120. The Morgan fingerprint density at radius 2 is 0.817 bits per heavy atom. The summed E-state index contributed by atoms with van der Waals surface area (Å²) < 4.78 is 8.14. The molecule has 0 aliphatic heterocycles. The molecule has 0 radical (unpaired) electrons. The Balaban J connectivity index is -0.00000122. The average Bonchev–Trinajstić information content (AvgIpc) is 3.32. The molecule has 0 bridgehead atoms. The van der Waals surface area contributed by atoms with E-state index in [1.54, 1.807) is 7.05 Å². The Kier molecular flexibility index (Phi) is 44.6. The summed E-state index contributed by atoms with van der Waals surface area (Å²) >= 11 is 0. The van der Waals surface area contributed by atoms with Crippen molar-refractivity contribution in [1.82, 2.24) is 36.4 Å². The molecule has 0 aliphatic rings. The van der Waals surface area contributed by atoms with E-state index in [0.717, 1.165) is 32.5 Å². The van der Waals surface area contributed by atoms with E-state index in [9.17, 15) is 47.9 Å². The van der Waals surface area contributed by atoms with Crippen molar-refractivity contribution >= 4 is 67.6 Å². The van der Waals surface area contributed by atoms with Gasteiger partial charge in [0.2, 0.25) is 53.2 Å². The van der Waals surface area contributed by atoms with Crippen LogP contribution in [-0.4, -0.2) is 186 Å². The van der Waals surface area contributed by atoms with Gasteiger partial charge in [0.15, 0.2) is 0 Å². The van der Waals surface area contributed by atoms with E-state index in [0.29, 0.717) is 77.4 Å². The van der Waals surface area contributed by atoms with Crippen molar-refractivity contribution in [3.8, 4) is 0 Å². The molecule has 10 amide bonds. The van der Waals surface area contributed by atoms with Gasteiger partial charge in [-0.05, 0) is 85.7 Å². The fraction of sp³-hybridized carbons (Fsp3) is 0.762. The summed E-state index contributed by atoms with van der Waals surface area (Å²) in [6.45, 7) is 2.71. The number of primary amides is 3. The van der Waals surface area contributed by atoms with Crippen LogP contribution in [0.15, 0.2) is 4.74 Å². The largest absolute Gasteiger partial charge is 0.453 e. The second-order valence-electron chi connectivity index (χ2n) is 16.0. The van der Waals surface area contributed by atoms with E-state index in [1.165, 1.54) is 12.0 Å². The number of rotatable bonds is 37. The Morgan fingerprint density at radius 1 is 0.507 bits per heavy atom. The molecule has 0 spiro atoms. The van der Waals surface area contributed by atoms with Crippen LogP contribution in [-0.2, 0) is 47.9 Å². The van der Waals surface area contributed by atoms with Gasteiger partial charge in [-0.2, -0.15) is 0 Å². The van der Waals surface area contributed by atoms with Crippen LogP contribution in [0.1, 0.15) is 89.9 Å². The molecule has 71 heavy (non-hydrogen) atoms. The van der Waals surface area contributed by atoms with Crippen molar-refractivity contribution in [3.63, 3.8) is 0 Å². The minimum absolute atomic E-state index is 0.0362. The number of carbonyl (C=O) groups is 10. The van der Waals surface area contributed by atoms with Crippen LogP contribution < -0.4 is 78.2 Å². The van der Waals surface area contributed by atoms with E-state index < -0.39 is 59.7 Å². The zero-order valence-electron chi connectivity index (χ0n) is 42.0. The molecule has 0 rings (SSSR count). The summed E-state index contributed by atoms with van der Waals surface area (Å²) in [6, 6.07) is -2.23. The Labute approximate surface area is 419 Å². The summed E-state index contributed by atoms with van der Waals surface area (Å²) in [5, 5.41) is 13.1. The van der Waals surface area contributed by atoms with Crippen molar-refractivity contribution in [2.75, 3.05) is 92.8 Å². The molecule has 0 fully saturated rings. The molecular formula is C42H86N17O11P. The van der Waals surface area contributed by atoms with Crippen molar-refractivity contribution in [2.45, 2.75) is 114 Å². The fourth-order valence-corrected chi connectivity index (χ4v) is 5.62. The van der Waals surface area contributed by atoms with Gasteiger partial charge in [-0.15, -0.1) is 0 Å². The normalized spacial score (nSPS) is 12.2. The molecule has 0 saturated heterocycles. The second-order valence-corrected chi connectivity index (χ2v) is 16.8. The predicted octanol–water partition coefficient (Wildman–Crippen LogP) is -5.03. The van der Waals surface area contributed by atoms with Gasteiger partial charge in [0.1, 0.15) is 26.2 Å². The molecule has 23 N–H and O–H groups in total. The fourth-order valence-electron chi connectivity index (χ4n) is 5.62. The number of nitrogens with zero attached hydrogens (tertiary/aromatic N) is 3. The van der Waals surface area contributed by atoms with Gasteiger partial charge in [-0.25, -0.2) is 4.79 Å². The molecule has 28 nitrogen and oxygen atoms in total. The maximum absolute atomic E-state index is 12.6. The van der Waals surface area contributed by atoms with E-state index in [1.807, 2.05) is 6.66 Å². The number of hydrogen-bond donors (Lipinski definition) is 14. The topological polar surface area (TPSA) is 493 Å². The molecular weight excluding hydrogens is 950 g/mol. The third kappa shape index (κ3) is 42.9.